The van der Waals surface area contributed by atoms with Crippen molar-refractivity contribution in [2.24, 2.45) is 0 Å². The number of allylic oxidation sites excluding steroid dienone is 10. The Morgan fingerprint density at radius 3 is 2.06 bits per heavy atom. The number of aliphatic hydroxyl groups is 3. The number of ether oxygens (including phenoxy) is 3. The van der Waals surface area contributed by atoms with Crippen LogP contribution in [-0.2, 0) is 46.3 Å². The van der Waals surface area contributed by atoms with E-state index >= 15 is 0 Å². The SMILES string of the molecule is CCCCC/C=C\C[C@@H](O)/C=C/C=C\C/C=C\CCCC(=O)OC[C@H](COP(=O)(O)OP(=O)(O)OC[C@H]1O[C@@H](n2ccc(N)nc2=O)[C@H](O)[C@@H]1O)OC(=O)CCCCCCC/C=C\C=C/CCCCCC. The van der Waals surface area contributed by atoms with Gasteiger partial charge in [-0.05, 0) is 76.7 Å². The maximum atomic E-state index is 12.8. The van der Waals surface area contributed by atoms with Gasteiger partial charge in [-0.1, -0.05) is 138 Å². The molecule has 1 aromatic heterocycles. The number of phosphoric acid groups is 2. The van der Waals surface area contributed by atoms with Crippen LogP contribution in [0.4, 0.5) is 5.82 Å². The Labute approximate surface area is 419 Å². The number of phosphoric ester groups is 2. The first-order valence-corrected chi connectivity index (χ1v) is 28.1. The van der Waals surface area contributed by atoms with Crippen molar-refractivity contribution in [3.63, 3.8) is 0 Å². The van der Waals surface area contributed by atoms with Gasteiger partial charge in [0.1, 0.15) is 30.7 Å². The molecule has 0 amide bonds. The number of nitrogens with two attached hydrogens (primary N) is 1. The first-order chi connectivity index (χ1) is 34.1. The highest BCUT2D eigenvalue weighted by molar-refractivity contribution is 7.61. The molecule has 1 aromatic rings. The first kappa shape index (κ1) is 63.3. The van der Waals surface area contributed by atoms with Crippen LogP contribution in [0.5, 0.6) is 0 Å². The third-order valence-electron chi connectivity index (χ3n) is 10.9. The van der Waals surface area contributed by atoms with Crippen LogP contribution in [0.15, 0.2) is 90.0 Å². The van der Waals surface area contributed by atoms with Crippen molar-refractivity contribution in [2.75, 3.05) is 25.6 Å². The van der Waals surface area contributed by atoms with Crippen molar-refractivity contribution in [3.8, 4) is 0 Å². The summed E-state index contributed by atoms with van der Waals surface area (Å²) in [6, 6.07) is 1.24. The number of carbonyl (C=O) groups excluding carboxylic acids is 2. The number of rotatable bonds is 40. The quantitative estimate of drug-likeness (QED) is 0.0117. The van der Waals surface area contributed by atoms with Crippen LogP contribution in [-0.4, -0.2) is 96.9 Å². The molecule has 402 valence electrons. The first-order valence-electron chi connectivity index (χ1n) is 25.1. The molecule has 8 atom stereocenters. The molecular formula is C50H81N3O16P2. The Bertz CT molecular complexity index is 1990. The Morgan fingerprint density at radius 2 is 1.34 bits per heavy atom. The molecule has 2 unspecified atom stereocenters. The molecule has 2 rings (SSSR count). The van der Waals surface area contributed by atoms with E-state index in [1.165, 1.54) is 44.6 Å². The van der Waals surface area contributed by atoms with E-state index in [0.717, 1.165) is 62.1 Å². The number of anilines is 1. The van der Waals surface area contributed by atoms with E-state index in [-0.39, 0.29) is 18.7 Å². The van der Waals surface area contributed by atoms with E-state index in [1.807, 2.05) is 30.4 Å². The molecule has 0 bridgehead atoms. The van der Waals surface area contributed by atoms with E-state index in [1.54, 1.807) is 12.2 Å². The summed E-state index contributed by atoms with van der Waals surface area (Å²) < 4.78 is 56.6. The second-order valence-corrected chi connectivity index (χ2v) is 20.2. The summed E-state index contributed by atoms with van der Waals surface area (Å²) in [5.74, 6) is -1.43. The van der Waals surface area contributed by atoms with Gasteiger partial charge in [-0.25, -0.2) is 13.9 Å². The number of hydrogen-bond acceptors (Lipinski definition) is 16. The van der Waals surface area contributed by atoms with Gasteiger partial charge in [0.2, 0.25) is 0 Å². The highest BCUT2D eigenvalue weighted by atomic mass is 31.3. The topological polar surface area (TPSA) is 286 Å². The zero-order chi connectivity index (χ0) is 52.2. The number of carbonyl (C=O) groups is 2. The molecular weight excluding hydrogens is 961 g/mol. The molecule has 1 fully saturated rings. The lowest BCUT2D eigenvalue weighted by atomic mass is 10.1. The summed E-state index contributed by atoms with van der Waals surface area (Å²) in [6.07, 6.45) is 34.4. The zero-order valence-electron chi connectivity index (χ0n) is 41.6. The molecule has 0 radical (unpaired) electrons. The summed E-state index contributed by atoms with van der Waals surface area (Å²) in [5.41, 5.74) is 4.57. The number of unbranched alkanes of at least 4 members (excludes halogenated alkanes) is 13. The lowest BCUT2D eigenvalue weighted by Crippen LogP contribution is -2.36. The molecule has 0 saturated carbocycles. The van der Waals surface area contributed by atoms with Gasteiger partial charge in [0.05, 0.1) is 19.3 Å². The lowest BCUT2D eigenvalue weighted by Gasteiger charge is -2.21. The van der Waals surface area contributed by atoms with Crippen molar-refractivity contribution in [1.82, 2.24) is 9.55 Å². The summed E-state index contributed by atoms with van der Waals surface area (Å²) in [7, 11) is -10.9. The van der Waals surface area contributed by atoms with E-state index in [2.05, 4.69) is 53.5 Å². The van der Waals surface area contributed by atoms with Gasteiger partial charge in [0, 0.05) is 19.0 Å². The minimum atomic E-state index is -5.45. The molecule has 0 spiro atoms. The molecule has 1 saturated heterocycles. The summed E-state index contributed by atoms with van der Waals surface area (Å²) in [6.45, 7) is 1.94. The van der Waals surface area contributed by atoms with Crippen molar-refractivity contribution in [2.45, 2.75) is 185 Å². The van der Waals surface area contributed by atoms with Crippen molar-refractivity contribution in [1.29, 1.82) is 0 Å². The Morgan fingerprint density at radius 1 is 0.746 bits per heavy atom. The van der Waals surface area contributed by atoms with Gasteiger partial charge in [-0.3, -0.25) is 23.2 Å². The highest BCUT2D eigenvalue weighted by Crippen LogP contribution is 2.60. The number of nitrogen functional groups attached to an aromatic ring is 1. The van der Waals surface area contributed by atoms with Crippen LogP contribution >= 0.6 is 15.6 Å². The maximum absolute atomic E-state index is 12.8. The number of esters is 2. The van der Waals surface area contributed by atoms with Crippen molar-refractivity contribution in [3.05, 3.63) is 95.7 Å². The Hall–Kier alpha value is -3.84. The van der Waals surface area contributed by atoms with E-state index in [9.17, 15) is 48.6 Å². The van der Waals surface area contributed by atoms with Gasteiger partial charge in [-0.2, -0.15) is 9.29 Å². The standard InChI is InChI=1S/C50H81N3O16P2/c1-3-5-7-9-11-12-13-14-15-16-17-18-23-27-31-35-46(56)67-42(38-64-45(55)34-30-26-22-20-19-21-25-29-33-41(54)32-28-24-10-8-6-4-2)39-65-70(60,61)69-71(62,63)66-40-43-47(57)48(58)49(68-43)53-37-36-44(51)52-50(53)59/h12-15,20-22,24-25,28-29,33,36-37,41-43,47-49,54,57-58H,3-11,16-19,23,26-27,30-32,34-35,38-40H2,1-2H3,(H,60,61)(H,62,63)(H2,51,52,59)/b13-12-,15-14-,22-20-,25-21-,28-24-,33-29+/t41-,42-,43-,47-,48-,49-/m1/s1. The largest absolute Gasteiger partial charge is 0.481 e. The van der Waals surface area contributed by atoms with Crippen LogP contribution in [0.25, 0.3) is 0 Å². The number of hydrogen-bond donors (Lipinski definition) is 6. The zero-order valence-corrected chi connectivity index (χ0v) is 43.4. The molecule has 1 aliphatic heterocycles. The predicted octanol–water partition coefficient (Wildman–Crippen LogP) is 9.08. The minimum absolute atomic E-state index is 0.00506. The van der Waals surface area contributed by atoms with Crippen LogP contribution in [0, 0.1) is 0 Å². The van der Waals surface area contributed by atoms with Gasteiger partial charge >= 0.3 is 33.3 Å². The lowest BCUT2D eigenvalue weighted by molar-refractivity contribution is -0.161. The summed E-state index contributed by atoms with van der Waals surface area (Å²) in [4.78, 5) is 61.8. The third-order valence-corrected chi connectivity index (χ3v) is 13.5. The second kappa shape index (κ2) is 37.8. The highest BCUT2D eigenvalue weighted by Gasteiger charge is 2.46. The van der Waals surface area contributed by atoms with Gasteiger partial charge in [-0.15, -0.1) is 0 Å². The van der Waals surface area contributed by atoms with Crippen molar-refractivity contribution >= 4 is 33.4 Å². The number of aliphatic hydroxyl groups excluding tert-OH is 3. The Balaban J connectivity index is 1.86. The van der Waals surface area contributed by atoms with Crippen molar-refractivity contribution < 1.29 is 71.4 Å². The average molecular weight is 1040 g/mol. The average Bonchev–Trinajstić information content (AvgIpc) is 3.60. The molecule has 1 aliphatic rings. The molecule has 71 heavy (non-hydrogen) atoms. The van der Waals surface area contributed by atoms with Crippen LogP contribution in [0.3, 0.4) is 0 Å². The molecule has 2 heterocycles. The molecule has 21 heteroatoms. The number of aromatic nitrogens is 2. The van der Waals surface area contributed by atoms with E-state index < -0.39 is 89.8 Å². The van der Waals surface area contributed by atoms with Gasteiger partial charge in [0.25, 0.3) is 0 Å². The Kier molecular flexibility index (Phi) is 33.7. The van der Waals surface area contributed by atoms with Gasteiger partial charge < -0.3 is 45.1 Å². The normalized spacial score (nSPS) is 20.2. The molecule has 19 nitrogen and oxygen atoms in total. The molecule has 0 aromatic carbocycles. The van der Waals surface area contributed by atoms with E-state index in [0.29, 0.717) is 32.1 Å². The third kappa shape index (κ3) is 30.7. The molecule has 0 aliphatic carbocycles. The fourth-order valence-corrected chi connectivity index (χ4v) is 9.02. The fourth-order valence-electron chi connectivity index (χ4n) is 6.91. The fraction of sp³-hybridized carbons (Fsp3) is 0.640. The summed E-state index contributed by atoms with van der Waals surface area (Å²) in [5, 5.41) is 31.0. The second-order valence-electron chi connectivity index (χ2n) is 17.2. The van der Waals surface area contributed by atoms with Crippen LogP contribution in [0.2, 0.25) is 0 Å². The summed E-state index contributed by atoms with van der Waals surface area (Å²) >= 11 is 0. The smallest absolute Gasteiger partial charge is 0.462 e. The monoisotopic (exact) mass is 1040 g/mol. The molecule has 7 N–H and O–H groups in total. The van der Waals surface area contributed by atoms with Crippen LogP contribution < -0.4 is 11.4 Å². The van der Waals surface area contributed by atoms with Crippen LogP contribution in [0.1, 0.15) is 155 Å². The minimum Gasteiger partial charge on any atom is -0.462 e. The maximum Gasteiger partial charge on any atom is 0.481 e. The van der Waals surface area contributed by atoms with Gasteiger partial charge in [0.15, 0.2) is 12.3 Å². The van der Waals surface area contributed by atoms with E-state index in [4.69, 9.17) is 29.0 Å². The predicted molar refractivity (Wildman–Crippen MR) is 271 cm³/mol. The number of nitrogens with zero attached hydrogens (tertiary/aromatic N) is 2.